The van der Waals surface area contributed by atoms with Gasteiger partial charge in [-0.1, -0.05) is 45.2 Å². The second-order valence-corrected chi connectivity index (χ2v) is 7.90. The van der Waals surface area contributed by atoms with Gasteiger partial charge in [-0.3, -0.25) is 4.79 Å². The molecule has 0 saturated carbocycles. The lowest BCUT2D eigenvalue weighted by atomic mass is 10.1. The number of hydrogen-bond acceptors (Lipinski definition) is 4. The number of ketones is 1. The molecule has 4 rings (SSSR count). The summed E-state index contributed by atoms with van der Waals surface area (Å²) in [6, 6.07) is 16.4. The van der Waals surface area contributed by atoms with Crippen molar-refractivity contribution in [1.29, 1.82) is 0 Å². The van der Waals surface area contributed by atoms with Crippen LogP contribution in [-0.2, 0) is 0 Å². The maximum atomic E-state index is 12.6. The van der Waals surface area contributed by atoms with E-state index in [2.05, 4.69) is 15.9 Å². The largest absolute Gasteiger partial charge is 0.452 e. The van der Waals surface area contributed by atoms with E-state index >= 15 is 0 Å². The highest BCUT2D eigenvalue weighted by atomic mass is 79.9. The average Bonchev–Trinajstić information content (AvgIpc) is 3.00. The first kappa shape index (κ1) is 19.7. The van der Waals surface area contributed by atoms with Gasteiger partial charge in [0.1, 0.15) is 11.5 Å². The highest BCUT2D eigenvalue weighted by molar-refractivity contribution is 9.10. The predicted molar refractivity (Wildman–Crippen MR) is 115 cm³/mol. The number of benzene rings is 3. The summed E-state index contributed by atoms with van der Waals surface area (Å²) in [5.74, 6) is -0.0253. The van der Waals surface area contributed by atoms with Crippen LogP contribution in [-0.4, -0.2) is 11.8 Å². The van der Waals surface area contributed by atoms with Crippen molar-refractivity contribution in [2.24, 2.45) is 0 Å². The molecule has 0 spiro atoms. The van der Waals surface area contributed by atoms with Gasteiger partial charge in [-0.25, -0.2) is 4.79 Å². The van der Waals surface area contributed by atoms with E-state index in [1.54, 1.807) is 60.7 Å². The fourth-order valence-corrected chi connectivity index (χ4v) is 3.31. The van der Waals surface area contributed by atoms with Crippen molar-refractivity contribution < 1.29 is 19.1 Å². The van der Waals surface area contributed by atoms with Gasteiger partial charge in [0.25, 0.3) is 0 Å². The molecule has 7 heteroatoms. The van der Waals surface area contributed by atoms with Crippen LogP contribution in [0.3, 0.4) is 0 Å². The number of fused-ring (bicyclic) bond motifs is 1. The summed E-state index contributed by atoms with van der Waals surface area (Å²) in [6.07, 6.45) is 1.58. The Kier molecular flexibility index (Phi) is 5.46. The van der Waals surface area contributed by atoms with Crippen molar-refractivity contribution in [3.8, 4) is 11.5 Å². The molecular formula is C22H11BrCl2O4. The number of hydrogen-bond donors (Lipinski definition) is 0. The van der Waals surface area contributed by atoms with E-state index in [1.807, 2.05) is 0 Å². The maximum absolute atomic E-state index is 12.6. The van der Waals surface area contributed by atoms with Crippen LogP contribution in [0.4, 0.5) is 0 Å². The lowest BCUT2D eigenvalue weighted by molar-refractivity contribution is 0.0734. The van der Waals surface area contributed by atoms with E-state index < -0.39 is 5.97 Å². The molecule has 0 saturated heterocycles. The maximum Gasteiger partial charge on any atom is 0.343 e. The summed E-state index contributed by atoms with van der Waals surface area (Å²) in [6.45, 7) is 0. The average molecular weight is 490 g/mol. The Balaban J connectivity index is 1.55. The summed E-state index contributed by atoms with van der Waals surface area (Å²) < 4.78 is 11.9. The first-order chi connectivity index (χ1) is 13.9. The van der Waals surface area contributed by atoms with Gasteiger partial charge in [0, 0.05) is 10.5 Å². The van der Waals surface area contributed by atoms with Gasteiger partial charge in [-0.2, -0.15) is 0 Å². The van der Waals surface area contributed by atoms with Crippen molar-refractivity contribution in [3.63, 3.8) is 0 Å². The van der Waals surface area contributed by atoms with Crippen LogP contribution in [0.2, 0.25) is 10.0 Å². The number of esters is 1. The Bertz CT molecular complexity index is 1170. The van der Waals surface area contributed by atoms with Crippen LogP contribution in [0.5, 0.6) is 11.5 Å². The molecule has 0 atom stereocenters. The summed E-state index contributed by atoms with van der Waals surface area (Å²) in [7, 11) is 0. The van der Waals surface area contributed by atoms with E-state index in [9.17, 15) is 9.59 Å². The molecule has 0 aliphatic carbocycles. The summed E-state index contributed by atoms with van der Waals surface area (Å²) in [5, 5.41) is 0.805. The monoisotopic (exact) mass is 488 g/mol. The molecular weight excluding hydrogens is 479 g/mol. The Hall–Kier alpha value is -2.60. The molecule has 0 bridgehead atoms. The van der Waals surface area contributed by atoms with Crippen molar-refractivity contribution in [2.75, 3.05) is 0 Å². The van der Waals surface area contributed by atoms with E-state index in [0.717, 1.165) is 4.47 Å². The van der Waals surface area contributed by atoms with Gasteiger partial charge in [-0.05, 0) is 60.2 Å². The van der Waals surface area contributed by atoms with Crippen LogP contribution < -0.4 is 9.47 Å². The number of ether oxygens (including phenoxy) is 2. The van der Waals surface area contributed by atoms with Crippen LogP contribution in [0, 0.1) is 0 Å². The molecule has 29 heavy (non-hydrogen) atoms. The zero-order valence-electron chi connectivity index (χ0n) is 14.6. The number of carbonyl (C=O) groups excluding carboxylic acids is 2. The van der Waals surface area contributed by atoms with Crippen LogP contribution in [0.1, 0.15) is 26.3 Å². The van der Waals surface area contributed by atoms with Gasteiger partial charge in [0.05, 0.1) is 21.2 Å². The number of rotatable bonds is 3. The Morgan fingerprint density at radius 2 is 1.72 bits per heavy atom. The van der Waals surface area contributed by atoms with Crippen LogP contribution in [0.25, 0.3) is 6.08 Å². The van der Waals surface area contributed by atoms with Crippen molar-refractivity contribution in [2.45, 2.75) is 0 Å². The lowest BCUT2D eigenvalue weighted by Gasteiger charge is -2.06. The van der Waals surface area contributed by atoms with Crippen molar-refractivity contribution in [3.05, 3.63) is 97.6 Å². The number of Topliss-reactive ketones (excluding diaryl/α,β-unsaturated/α-hetero) is 1. The van der Waals surface area contributed by atoms with Crippen molar-refractivity contribution >= 4 is 57.0 Å². The third-order valence-electron chi connectivity index (χ3n) is 4.17. The van der Waals surface area contributed by atoms with Crippen LogP contribution >= 0.6 is 39.1 Å². The zero-order valence-corrected chi connectivity index (χ0v) is 17.7. The molecule has 1 heterocycles. The molecule has 0 fully saturated rings. The van der Waals surface area contributed by atoms with Gasteiger partial charge >= 0.3 is 5.97 Å². The van der Waals surface area contributed by atoms with Crippen LogP contribution in [0.15, 0.2) is 70.9 Å². The van der Waals surface area contributed by atoms with Gasteiger partial charge in [0.15, 0.2) is 5.76 Å². The first-order valence-electron chi connectivity index (χ1n) is 8.42. The Labute approximate surface area is 184 Å². The zero-order chi connectivity index (χ0) is 20.5. The molecule has 3 aromatic rings. The molecule has 144 valence electrons. The van der Waals surface area contributed by atoms with E-state index in [0.29, 0.717) is 32.5 Å². The van der Waals surface area contributed by atoms with Gasteiger partial charge in [0.2, 0.25) is 5.78 Å². The number of carbonyl (C=O) groups is 2. The minimum absolute atomic E-state index is 0.148. The second-order valence-electron chi connectivity index (χ2n) is 6.17. The topological polar surface area (TPSA) is 52.6 Å². The second kappa shape index (κ2) is 8.03. The lowest BCUT2D eigenvalue weighted by Crippen LogP contribution is -2.08. The summed E-state index contributed by atoms with van der Waals surface area (Å²) in [4.78, 5) is 24.9. The van der Waals surface area contributed by atoms with Crippen molar-refractivity contribution in [1.82, 2.24) is 0 Å². The Morgan fingerprint density at radius 1 is 0.966 bits per heavy atom. The fourth-order valence-electron chi connectivity index (χ4n) is 2.74. The smallest absolute Gasteiger partial charge is 0.343 e. The molecule has 0 N–H and O–H groups in total. The molecule has 0 aromatic heterocycles. The molecule has 0 unspecified atom stereocenters. The quantitative estimate of drug-likeness (QED) is 0.236. The molecule has 3 aromatic carbocycles. The fraction of sp³-hybridized carbons (Fsp3) is 0. The standard InChI is InChI=1S/C22H11BrCl2O4/c23-14-4-2-13(3-5-14)22(27)28-15-6-7-16-19(11-15)29-20(21(16)26)10-12-1-8-17(24)18(25)9-12/h1-11H/b20-10-. The summed E-state index contributed by atoms with van der Waals surface area (Å²) in [5.41, 5.74) is 1.48. The first-order valence-corrected chi connectivity index (χ1v) is 9.97. The number of halogens is 3. The highest BCUT2D eigenvalue weighted by Gasteiger charge is 2.28. The van der Waals surface area contributed by atoms with E-state index in [4.69, 9.17) is 32.7 Å². The summed E-state index contributed by atoms with van der Waals surface area (Å²) >= 11 is 15.2. The van der Waals surface area contributed by atoms with Gasteiger partial charge in [-0.15, -0.1) is 0 Å². The molecule has 1 aliphatic rings. The predicted octanol–water partition coefficient (Wildman–Crippen LogP) is 6.59. The highest BCUT2D eigenvalue weighted by Crippen LogP contribution is 2.35. The minimum atomic E-state index is -0.506. The Morgan fingerprint density at radius 3 is 2.45 bits per heavy atom. The number of allylic oxidation sites excluding steroid dienone is 1. The molecule has 0 radical (unpaired) electrons. The van der Waals surface area contributed by atoms with E-state index in [1.165, 1.54) is 6.07 Å². The minimum Gasteiger partial charge on any atom is -0.452 e. The molecule has 4 nitrogen and oxygen atoms in total. The SMILES string of the molecule is O=C(Oc1ccc2c(c1)O/C(=C\c1ccc(Cl)c(Cl)c1)C2=O)c1ccc(Br)cc1. The van der Waals surface area contributed by atoms with E-state index in [-0.39, 0.29) is 17.3 Å². The third-order valence-corrected chi connectivity index (χ3v) is 5.44. The van der Waals surface area contributed by atoms with Gasteiger partial charge < -0.3 is 9.47 Å². The molecule has 1 aliphatic heterocycles. The third kappa shape index (κ3) is 4.22. The normalized spacial score (nSPS) is 13.9. The molecule has 0 amide bonds.